The summed E-state index contributed by atoms with van der Waals surface area (Å²) in [6.45, 7) is 0.274. The van der Waals surface area contributed by atoms with Crippen molar-refractivity contribution >= 4 is 17.5 Å². The van der Waals surface area contributed by atoms with Gasteiger partial charge in [-0.15, -0.1) is 0 Å². The Labute approximate surface area is 203 Å². The molecule has 1 saturated heterocycles. The molecule has 1 aliphatic heterocycles. The monoisotopic (exact) mass is 511 g/mol. The molecule has 184 valence electrons. The van der Waals surface area contributed by atoms with Gasteiger partial charge in [0.25, 0.3) is 5.91 Å². The van der Waals surface area contributed by atoms with E-state index in [-0.39, 0.29) is 31.0 Å². The lowest BCUT2D eigenvalue weighted by atomic mass is 9.76. The summed E-state index contributed by atoms with van der Waals surface area (Å²) in [5, 5.41) is 0.478. The normalized spacial score (nSPS) is 19.0. The molecule has 2 unspecified atom stereocenters. The Morgan fingerprint density at radius 3 is 1.94 bits per heavy atom. The molecule has 2 nitrogen and oxygen atoms in total. The van der Waals surface area contributed by atoms with Crippen LogP contribution in [0.5, 0.6) is 0 Å². The number of carbonyl (C=O) groups is 1. The molecule has 0 aromatic heterocycles. The predicted molar refractivity (Wildman–Crippen MR) is 120 cm³/mol. The Kier molecular flexibility index (Phi) is 6.86. The van der Waals surface area contributed by atoms with Crippen LogP contribution in [0, 0.1) is 0 Å². The maximum absolute atomic E-state index is 13.3. The first-order valence-corrected chi connectivity index (χ1v) is 11.2. The minimum Gasteiger partial charge on any atom is -0.338 e. The van der Waals surface area contributed by atoms with E-state index in [0.717, 1.165) is 11.1 Å². The minimum atomic E-state index is -5.03. The first-order chi connectivity index (χ1) is 16.4. The molecule has 0 aliphatic carbocycles. The zero-order valence-corrected chi connectivity index (χ0v) is 19.0. The lowest BCUT2D eigenvalue weighted by Gasteiger charge is -2.39. The Bertz CT molecular complexity index is 1180. The average Bonchev–Trinajstić information content (AvgIpc) is 2.83. The maximum Gasteiger partial charge on any atom is 0.416 e. The largest absolute Gasteiger partial charge is 0.416 e. The van der Waals surface area contributed by atoms with Gasteiger partial charge in [0, 0.05) is 29.6 Å². The molecule has 35 heavy (non-hydrogen) atoms. The van der Waals surface area contributed by atoms with Crippen molar-refractivity contribution in [1.82, 2.24) is 4.90 Å². The fourth-order valence-corrected chi connectivity index (χ4v) is 4.86. The Morgan fingerprint density at radius 1 is 0.800 bits per heavy atom. The molecule has 1 fully saturated rings. The molecular formula is C26H20ClF6NO. The molecule has 3 aromatic rings. The van der Waals surface area contributed by atoms with Crippen LogP contribution < -0.4 is 0 Å². The summed E-state index contributed by atoms with van der Waals surface area (Å²) in [4.78, 5) is 14.5. The standard InChI is InChI=1S/C26H20ClF6NO/c27-23-9-5-4-8-21(23)22-15-34(11-10-20(22)16-6-2-1-3-7-16)24(35)17-12-18(25(28,29)30)14-19(13-17)26(31,32)33/h1-9,12-14,20,22H,10-11,15H2. The van der Waals surface area contributed by atoms with Gasteiger partial charge in [-0.25, -0.2) is 0 Å². The number of piperidine rings is 1. The summed E-state index contributed by atoms with van der Waals surface area (Å²) < 4.78 is 79.8. The summed E-state index contributed by atoms with van der Waals surface area (Å²) in [6, 6.07) is 17.6. The summed E-state index contributed by atoms with van der Waals surface area (Å²) in [5.74, 6) is -1.21. The quantitative estimate of drug-likeness (QED) is 0.329. The Morgan fingerprint density at radius 2 is 1.37 bits per heavy atom. The first kappa shape index (κ1) is 25.1. The molecule has 0 radical (unpaired) electrons. The number of benzene rings is 3. The molecule has 1 aliphatic rings. The number of carbonyl (C=O) groups excluding carboxylic acids is 1. The molecule has 1 amide bonds. The zero-order chi connectivity index (χ0) is 25.4. The van der Waals surface area contributed by atoms with Crippen LogP contribution in [-0.4, -0.2) is 23.9 Å². The van der Waals surface area contributed by atoms with Gasteiger partial charge in [0.15, 0.2) is 0 Å². The van der Waals surface area contributed by atoms with Gasteiger partial charge in [-0.05, 0) is 47.7 Å². The molecule has 3 aromatic carbocycles. The van der Waals surface area contributed by atoms with E-state index >= 15 is 0 Å². The van der Waals surface area contributed by atoms with E-state index in [0.29, 0.717) is 23.6 Å². The van der Waals surface area contributed by atoms with Crippen molar-refractivity contribution in [2.24, 2.45) is 0 Å². The van der Waals surface area contributed by atoms with Gasteiger partial charge in [0.05, 0.1) is 11.1 Å². The van der Waals surface area contributed by atoms with Gasteiger partial charge in [-0.2, -0.15) is 26.3 Å². The number of likely N-dealkylation sites (tertiary alicyclic amines) is 1. The second-order valence-electron chi connectivity index (χ2n) is 8.48. The third-order valence-electron chi connectivity index (χ3n) is 6.27. The summed E-state index contributed by atoms with van der Waals surface area (Å²) in [7, 11) is 0. The Hall–Kier alpha value is -3.00. The van der Waals surface area contributed by atoms with Crippen LogP contribution in [0.2, 0.25) is 5.02 Å². The third kappa shape index (κ3) is 5.48. The van der Waals surface area contributed by atoms with E-state index in [2.05, 4.69) is 0 Å². The van der Waals surface area contributed by atoms with Gasteiger partial charge < -0.3 is 4.90 Å². The van der Waals surface area contributed by atoms with Crippen LogP contribution >= 0.6 is 11.6 Å². The molecule has 4 rings (SSSR count). The molecule has 0 bridgehead atoms. The van der Waals surface area contributed by atoms with Crippen molar-refractivity contribution in [2.75, 3.05) is 13.1 Å². The second-order valence-corrected chi connectivity index (χ2v) is 8.89. The SMILES string of the molecule is O=C(c1cc(C(F)(F)F)cc(C(F)(F)F)c1)N1CCC(c2ccccc2)C(c2ccccc2Cl)C1. The molecular weight excluding hydrogens is 492 g/mol. The average molecular weight is 512 g/mol. The number of amides is 1. The minimum absolute atomic E-state index is 0.0188. The van der Waals surface area contributed by atoms with Crippen molar-refractivity contribution in [3.05, 3.63) is 106 Å². The van der Waals surface area contributed by atoms with Crippen molar-refractivity contribution in [2.45, 2.75) is 30.6 Å². The molecule has 0 N–H and O–H groups in total. The van der Waals surface area contributed by atoms with Crippen molar-refractivity contribution in [3.8, 4) is 0 Å². The molecule has 9 heteroatoms. The summed E-state index contributed by atoms with van der Waals surface area (Å²) in [5.41, 5.74) is -1.90. The van der Waals surface area contributed by atoms with E-state index < -0.39 is 35.0 Å². The van der Waals surface area contributed by atoms with Crippen molar-refractivity contribution in [1.29, 1.82) is 0 Å². The predicted octanol–water partition coefficient (Wildman–Crippen LogP) is 7.79. The fraction of sp³-hybridized carbons (Fsp3) is 0.269. The zero-order valence-electron chi connectivity index (χ0n) is 18.2. The highest BCUT2D eigenvalue weighted by atomic mass is 35.5. The fourth-order valence-electron chi connectivity index (χ4n) is 4.59. The van der Waals surface area contributed by atoms with Crippen LogP contribution in [0.3, 0.4) is 0 Å². The van der Waals surface area contributed by atoms with Gasteiger partial charge in [0.2, 0.25) is 0 Å². The lowest BCUT2D eigenvalue weighted by molar-refractivity contribution is -0.143. The van der Waals surface area contributed by atoms with Crippen LogP contribution in [-0.2, 0) is 12.4 Å². The molecule has 0 saturated carbocycles. The first-order valence-electron chi connectivity index (χ1n) is 10.8. The van der Waals surface area contributed by atoms with E-state index in [9.17, 15) is 31.1 Å². The lowest BCUT2D eigenvalue weighted by Crippen LogP contribution is -2.42. The molecule has 1 heterocycles. The van der Waals surface area contributed by atoms with Crippen LogP contribution in [0.15, 0.2) is 72.8 Å². The number of rotatable bonds is 3. The highest BCUT2D eigenvalue weighted by Gasteiger charge is 2.39. The number of nitrogens with zero attached hydrogens (tertiary/aromatic N) is 1. The second kappa shape index (κ2) is 9.57. The van der Waals surface area contributed by atoms with E-state index in [1.165, 1.54) is 4.90 Å². The van der Waals surface area contributed by atoms with Crippen LogP contribution in [0.4, 0.5) is 26.3 Å². The smallest absolute Gasteiger partial charge is 0.338 e. The van der Waals surface area contributed by atoms with Gasteiger partial charge in [-0.3, -0.25) is 4.79 Å². The molecule has 0 spiro atoms. The van der Waals surface area contributed by atoms with E-state index in [1.54, 1.807) is 18.2 Å². The summed E-state index contributed by atoms with van der Waals surface area (Å²) >= 11 is 6.44. The number of hydrogen-bond acceptors (Lipinski definition) is 1. The maximum atomic E-state index is 13.3. The Balaban J connectivity index is 1.71. The molecule has 2 atom stereocenters. The highest BCUT2D eigenvalue weighted by molar-refractivity contribution is 6.31. The van der Waals surface area contributed by atoms with E-state index in [4.69, 9.17) is 11.6 Å². The highest BCUT2D eigenvalue weighted by Crippen LogP contribution is 2.43. The van der Waals surface area contributed by atoms with E-state index in [1.807, 2.05) is 36.4 Å². The number of halogens is 7. The number of alkyl halides is 6. The van der Waals surface area contributed by atoms with Gasteiger partial charge in [-0.1, -0.05) is 60.1 Å². The van der Waals surface area contributed by atoms with Gasteiger partial charge >= 0.3 is 12.4 Å². The van der Waals surface area contributed by atoms with Crippen molar-refractivity contribution in [3.63, 3.8) is 0 Å². The number of hydrogen-bond donors (Lipinski definition) is 0. The van der Waals surface area contributed by atoms with Crippen LogP contribution in [0.1, 0.15) is 50.9 Å². The van der Waals surface area contributed by atoms with Gasteiger partial charge in [0.1, 0.15) is 0 Å². The third-order valence-corrected chi connectivity index (χ3v) is 6.61. The van der Waals surface area contributed by atoms with Crippen molar-refractivity contribution < 1.29 is 31.1 Å². The summed E-state index contributed by atoms with van der Waals surface area (Å²) in [6.07, 6.45) is -9.59. The van der Waals surface area contributed by atoms with Crippen LogP contribution in [0.25, 0.3) is 0 Å². The topological polar surface area (TPSA) is 20.3 Å².